The highest BCUT2D eigenvalue weighted by Gasteiger charge is 2.59. The van der Waals surface area contributed by atoms with Gasteiger partial charge in [0.05, 0.1) is 0 Å². The van der Waals surface area contributed by atoms with Crippen molar-refractivity contribution in [3.8, 4) is 0 Å². The highest BCUT2D eigenvalue weighted by Crippen LogP contribution is 2.63. The Morgan fingerprint density at radius 3 is 2.54 bits per heavy atom. The molecule has 2 N–H and O–H groups in total. The SMILES string of the molecule is NC1CC2CC2(c2ccccc2)C1. The monoisotopic (exact) mass is 173 g/mol. The summed E-state index contributed by atoms with van der Waals surface area (Å²) in [5, 5.41) is 0. The van der Waals surface area contributed by atoms with Crippen LogP contribution in [0.1, 0.15) is 24.8 Å². The molecule has 1 aromatic carbocycles. The Morgan fingerprint density at radius 2 is 1.92 bits per heavy atom. The van der Waals surface area contributed by atoms with Crippen LogP contribution >= 0.6 is 0 Å². The maximum Gasteiger partial charge on any atom is 0.00503 e. The van der Waals surface area contributed by atoms with Gasteiger partial charge in [-0.1, -0.05) is 30.3 Å². The molecule has 1 nitrogen and oxygen atoms in total. The van der Waals surface area contributed by atoms with E-state index >= 15 is 0 Å². The second-order valence-corrected chi connectivity index (χ2v) is 4.62. The van der Waals surface area contributed by atoms with E-state index in [0.29, 0.717) is 11.5 Å². The molecule has 2 aliphatic rings. The second-order valence-electron chi connectivity index (χ2n) is 4.62. The minimum atomic E-state index is 0.457. The summed E-state index contributed by atoms with van der Waals surface area (Å²) in [5.74, 6) is 0.893. The van der Waals surface area contributed by atoms with Gasteiger partial charge in [-0.25, -0.2) is 0 Å². The summed E-state index contributed by atoms with van der Waals surface area (Å²) in [6.07, 6.45) is 3.83. The first-order valence-corrected chi connectivity index (χ1v) is 5.12. The van der Waals surface area contributed by atoms with E-state index in [1.807, 2.05) is 0 Å². The van der Waals surface area contributed by atoms with Gasteiger partial charge in [-0.05, 0) is 36.2 Å². The molecule has 3 atom stereocenters. The van der Waals surface area contributed by atoms with E-state index < -0.39 is 0 Å². The van der Waals surface area contributed by atoms with Gasteiger partial charge in [0.2, 0.25) is 0 Å². The van der Waals surface area contributed by atoms with Crippen LogP contribution in [0.2, 0.25) is 0 Å². The van der Waals surface area contributed by atoms with Crippen molar-refractivity contribution >= 4 is 0 Å². The van der Waals surface area contributed by atoms with E-state index in [4.69, 9.17) is 5.73 Å². The third-order valence-electron chi connectivity index (χ3n) is 3.79. The van der Waals surface area contributed by atoms with Gasteiger partial charge in [0, 0.05) is 6.04 Å². The zero-order valence-electron chi connectivity index (χ0n) is 7.74. The number of nitrogens with two attached hydrogens (primary N) is 1. The molecule has 3 rings (SSSR count). The molecule has 0 aliphatic heterocycles. The zero-order valence-corrected chi connectivity index (χ0v) is 7.74. The molecule has 68 valence electrons. The molecular weight excluding hydrogens is 158 g/mol. The summed E-state index contributed by atoms with van der Waals surface area (Å²) < 4.78 is 0. The Hall–Kier alpha value is -0.820. The van der Waals surface area contributed by atoms with Crippen molar-refractivity contribution in [2.75, 3.05) is 0 Å². The predicted octanol–water partition coefficient (Wildman–Crippen LogP) is 2.07. The average molecular weight is 173 g/mol. The molecule has 2 fully saturated rings. The fourth-order valence-corrected chi connectivity index (χ4v) is 3.10. The minimum absolute atomic E-state index is 0.457. The van der Waals surface area contributed by atoms with Gasteiger partial charge < -0.3 is 5.73 Å². The third kappa shape index (κ3) is 0.969. The van der Waals surface area contributed by atoms with Crippen molar-refractivity contribution in [2.45, 2.75) is 30.7 Å². The van der Waals surface area contributed by atoms with E-state index in [1.54, 1.807) is 0 Å². The van der Waals surface area contributed by atoms with Crippen LogP contribution in [-0.4, -0.2) is 6.04 Å². The van der Waals surface area contributed by atoms with Crippen LogP contribution in [0.15, 0.2) is 30.3 Å². The van der Waals surface area contributed by atoms with Crippen LogP contribution in [0.4, 0.5) is 0 Å². The Morgan fingerprint density at radius 1 is 1.15 bits per heavy atom. The molecule has 1 aromatic rings. The molecule has 3 unspecified atom stereocenters. The third-order valence-corrected chi connectivity index (χ3v) is 3.79. The van der Waals surface area contributed by atoms with Crippen LogP contribution in [0.3, 0.4) is 0 Å². The summed E-state index contributed by atoms with van der Waals surface area (Å²) >= 11 is 0. The van der Waals surface area contributed by atoms with Crippen molar-refractivity contribution in [3.63, 3.8) is 0 Å². The van der Waals surface area contributed by atoms with Gasteiger partial charge in [-0.2, -0.15) is 0 Å². The molecule has 0 amide bonds. The molecule has 2 aliphatic carbocycles. The Bertz CT molecular complexity index is 319. The topological polar surface area (TPSA) is 26.0 Å². The summed E-state index contributed by atoms with van der Waals surface area (Å²) in [7, 11) is 0. The lowest BCUT2D eigenvalue weighted by molar-refractivity contribution is 0.583. The number of hydrogen-bond acceptors (Lipinski definition) is 1. The van der Waals surface area contributed by atoms with Gasteiger partial charge >= 0.3 is 0 Å². The first kappa shape index (κ1) is 7.57. The van der Waals surface area contributed by atoms with Crippen LogP contribution < -0.4 is 5.73 Å². The van der Waals surface area contributed by atoms with Crippen molar-refractivity contribution < 1.29 is 0 Å². The molecule has 0 radical (unpaired) electrons. The lowest BCUT2D eigenvalue weighted by Crippen LogP contribution is -2.20. The Kier molecular flexibility index (Phi) is 1.37. The zero-order chi connectivity index (χ0) is 8.89. The largest absolute Gasteiger partial charge is 0.328 e. The lowest BCUT2D eigenvalue weighted by atomic mass is 9.93. The number of benzene rings is 1. The fourth-order valence-electron chi connectivity index (χ4n) is 3.10. The van der Waals surface area contributed by atoms with Crippen molar-refractivity contribution in [1.82, 2.24) is 0 Å². The van der Waals surface area contributed by atoms with Crippen LogP contribution in [0.25, 0.3) is 0 Å². The van der Waals surface area contributed by atoms with Crippen LogP contribution in [-0.2, 0) is 5.41 Å². The van der Waals surface area contributed by atoms with Crippen molar-refractivity contribution in [1.29, 1.82) is 0 Å². The molecule has 0 bridgehead atoms. The minimum Gasteiger partial charge on any atom is -0.328 e. The normalized spacial score (nSPS) is 41.6. The molecule has 0 heterocycles. The molecule has 0 aromatic heterocycles. The second kappa shape index (κ2) is 2.36. The summed E-state index contributed by atoms with van der Waals surface area (Å²) in [4.78, 5) is 0. The Balaban J connectivity index is 1.95. The van der Waals surface area contributed by atoms with Gasteiger partial charge in [0.25, 0.3) is 0 Å². The predicted molar refractivity (Wildman–Crippen MR) is 53.4 cm³/mol. The molecular formula is C12H15N. The molecule has 1 heteroatoms. The van der Waals surface area contributed by atoms with Gasteiger partial charge in [-0.15, -0.1) is 0 Å². The smallest absolute Gasteiger partial charge is 0.00503 e. The first-order chi connectivity index (χ1) is 6.31. The highest BCUT2D eigenvalue weighted by atomic mass is 14.8. The van der Waals surface area contributed by atoms with Crippen molar-refractivity contribution in [3.05, 3.63) is 35.9 Å². The van der Waals surface area contributed by atoms with E-state index in [9.17, 15) is 0 Å². The summed E-state index contributed by atoms with van der Waals surface area (Å²) in [6, 6.07) is 11.4. The fraction of sp³-hybridized carbons (Fsp3) is 0.500. The maximum atomic E-state index is 5.98. The lowest BCUT2D eigenvalue weighted by Gasteiger charge is -2.13. The Labute approximate surface area is 78.9 Å². The van der Waals surface area contributed by atoms with E-state index in [0.717, 1.165) is 5.92 Å². The summed E-state index contributed by atoms with van der Waals surface area (Å²) in [5.41, 5.74) is 8.00. The number of hydrogen-bond donors (Lipinski definition) is 1. The van der Waals surface area contributed by atoms with E-state index in [-0.39, 0.29) is 0 Å². The number of fused-ring (bicyclic) bond motifs is 1. The highest BCUT2D eigenvalue weighted by molar-refractivity contribution is 5.36. The van der Waals surface area contributed by atoms with Crippen molar-refractivity contribution in [2.24, 2.45) is 11.7 Å². The standard InChI is InChI=1S/C12H15N/c13-11-6-10-7-12(10,8-11)9-4-2-1-3-5-9/h1-5,10-11H,6-8,13H2. The van der Waals surface area contributed by atoms with E-state index in [2.05, 4.69) is 30.3 Å². The van der Waals surface area contributed by atoms with E-state index in [1.165, 1.54) is 24.8 Å². The molecule has 2 saturated carbocycles. The average Bonchev–Trinajstić information content (AvgIpc) is 2.72. The van der Waals surface area contributed by atoms with Crippen LogP contribution in [0, 0.1) is 5.92 Å². The van der Waals surface area contributed by atoms with Gasteiger partial charge in [0.15, 0.2) is 0 Å². The van der Waals surface area contributed by atoms with Crippen LogP contribution in [0.5, 0.6) is 0 Å². The first-order valence-electron chi connectivity index (χ1n) is 5.12. The molecule has 13 heavy (non-hydrogen) atoms. The van der Waals surface area contributed by atoms with Gasteiger partial charge in [-0.3, -0.25) is 0 Å². The quantitative estimate of drug-likeness (QED) is 0.691. The molecule has 0 spiro atoms. The molecule has 0 saturated heterocycles. The number of rotatable bonds is 1. The summed E-state index contributed by atoms with van der Waals surface area (Å²) in [6.45, 7) is 0. The maximum absolute atomic E-state index is 5.98. The van der Waals surface area contributed by atoms with Gasteiger partial charge in [0.1, 0.15) is 0 Å².